The summed E-state index contributed by atoms with van der Waals surface area (Å²) in [5.74, 6) is 6.53. The van der Waals surface area contributed by atoms with Crippen molar-refractivity contribution in [2.24, 2.45) is 5.84 Å². The molecular weight excluding hydrogens is 282 g/mol. The van der Waals surface area contributed by atoms with Gasteiger partial charge in [0, 0.05) is 10.5 Å². The number of aryl methyl sites for hydroxylation is 1. The van der Waals surface area contributed by atoms with Crippen molar-refractivity contribution in [3.63, 3.8) is 0 Å². The molecule has 4 N–H and O–H groups in total. The molecule has 0 aliphatic heterocycles. The van der Waals surface area contributed by atoms with Gasteiger partial charge in [0.2, 0.25) is 0 Å². The zero-order valence-corrected chi connectivity index (χ0v) is 10.8. The number of hydrogen-bond donors (Lipinski definition) is 3. The number of anilines is 3. The third-order valence-electron chi connectivity index (χ3n) is 2.20. The first-order chi connectivity index (χ1) is 8.19. The molecule has 0 atom stereocenters. The van der Waals surface area contributed by atoms with Crippen molar-refractivity contribution >= 4 is 33.3 Å². The second kappa shape index (κ2) is 5.11. The van der Waals surface area contributed by atoms with Gasteiger partial charge in [-0.15, -0.1) is 0 Å². The van der Waals surface area contributed by atoms with E-state index in [-0.39, 0.29) is 0 Å². The van der Waals surface area contributed by atoms with Crippen LogP contribution >= 0.6 is 15.9 Å². The minimum atomic E-state index is 0.561. The average molecular weight is 294 g/mol. The van der Waals surface area contributed by atoms with Crippen LogP contribution in [0.2, 0.25) is 0 Å². The highest BCUT2D eigenvalue weighted by Crippen LogP contribution is 2.26. The van der Waals surface area contributed by atoms with Gasteiger partial charge in [0.15, 0.2) is 0 Å². The predicted octanol–water partition coefficient (Wildman–Crippen LogP) is 2.58. The molecule has 0 spiro atoms. The molecule has 0 bridgehead atoms. The van der Waals surface area contributed by atoms with Gasteiger partial charge in [-0.3, -0.25) is 0 Å². The molecule has 1 heterocycles. The summed E-state index contributed by atoms with van der Waals surface area (Å²) in [6, 6.07) is 7.78. The van der Waals surface area contributed by atoms with Gasteiger partial charge in [0.25, 0.3) is 0 Å². The summed E-state index contributed by atoms with van der Waals surface area (Å²) in [5, 5.41) is 3.19. The lowest BCUT2D eigenvalue weighted by molar-refractivity contribution is 1.14. The molecule has 0 aliphatic rings. The Labute approximate surface area is 108 Å². The maximum atomic E-state index is 5.29. The van der Waals surface area contributed by atoms with Crippen molar-refractivity contribution in [2.45, 2.75) is 6.92 Å². The number of nitrogen functional groups attached to an aromatic ring is 1. The van der Waals surface area contributed by atoms with Crippen molar-refractivity contribution in [2.75, 3.05) is 10.7 Å². The maximum Gasteiger partial charge on any atom is 0.145 e. The lowest BCUT2D eigenvalue weighted by Gasteiger charge is -2.09. The zero-order valence-electron chi connectivity index (χ0n) is 9.24. The van der Waals surface area contributed by atoms with E-state index >= 15 is 0 Å². The molecule has 0 amide bonds. The molecule has 2 aromatic rings. The number of nitrogens with one attached hydrogen (secondary N) is 2. The molecule has 17 heavy (non-hydrogen) atoms. The van der Waals surface area contributed by atoms with Gasteiger partial charge in [-0.25, -0.2) is 15.8 Å². The van der Waals surface area contributed by atoms with E-state index in [9.17, 15) is 0 Å². The summed E-state index contributed by atoms with van der Waals surface area (Å²) in [6.07, 6.45) is 1.45. The first-order valence-corrected chi connectivity index (χ1v) is 5.80. The lowest BCUT2D eigenvalue weighted by Crippen LogP contribution is -2.09. The van der Waals surface area contributed by atoms with E-state index in [1.165, 1.54) is 11.9 Å². The summed E-state index contributed by atoms with van der Waals surface area (Å²) >= 11 is 3.48. The largest absolute Gasteiger partial charge is 0.339 e. The van der Waals surface area contributed by atoms with E-state index in [0.29, 0.717) is 11.6 Å². The molecule has 5 nitrogen and oxygen atoms in total. The number of hydrogen-bond acceptors (Lipinski definition) is 5. The first kappa shape index (κ1) is 11.8. The van der Waals surface area contributed by atoms with Crippen LogP contribution in [0.25, 0.3) is 0 Å². The Hall–Kier alpha value is -1.66. The van der Waals surface area contributed by atoms with Crippen LogP contribution in [0.15, 0.2) is 35.1 Å². The van der Waals surface area contributed by atoms with Gasteiger partial charge in [-0.2, -0.15) is 0 Å². The molecule has 0 unspecified atom stereocenters. The predicted molar refractivity (Wildman–Crippen MR) is 72.0 cm³/mol. The van der Waals surface area contributed by atoms with Crippen LogP contribution in [-0.2, 0) is 0 Å². The van der Waals surface area contributed by atoms with Crippen molar-refractivity contribution in [3.8, 4) is 0 Å². The van der Waals surface area contributed by atoms with Crippen LogP contribution in [0.3, 0.4) is 0 Å². The van der Waals surface area contributed by atoms with Crippen molar-refractivity contribution < 1.29 is 0 Å². The van der Waals surface area contributed by atoms with Crippen LogP contribution in [0.5, 0.6) is 0 Å². The summed E-state index contributed by atoms with van der Waals surface area (Å²) in [6.45, 7) is 2.03. The van der Waals surface area contributed by atoms with Gasteiger partial charge in [-0.05, 0) is 40.5 Å². The maximum absolute atomic E-state index is 5.29. The van der Waals surface area contributed by atoms with Gasteiger partial charge in [0.1, 0.15) is 18.0 Å². The molecule has 0 saturated heterocycles. The molecule has 0 fully saturated rings. The second-order valence-electron chi connectivity index (χ2n) is 3.54. The number of nitrogens with two attached hydrogens (primary N) is 1. The Bertz CT molecular complexity index is 529. The molecule has 0 saturated carbocycles. The SMILES string of the molecule is Cc1ccc(Br)c(Nc2cc(NN)ncn2)c1. The standard InChI is InChI=1S/C11H12BrN5/c1-7-2-3-8(12)9(4-7)16-10-5-11(17-13)15-6-14-10/h2-6H,13H2,1H3,(H2,14,15,16,17). The van der Waals surface area contributed by atoms with Crippen LogP contribution in [0.1, 0.15) is 5.56 Å². The fourth-order valence-electron chi connectivity index (χ4n) is 1.38. The highest BCUT2D eigenvalue weighted by Gasteiger charge is 2.02. The third kappa shape index (κ3) is 2.92. The molecule has 0 radical (unpaired) electrons. The highest BCUT2D eigenvalue weighted by atomic mass is 79.9. The minimum absolute atomic E-state index is 0.561. The topological polar surface area (TPSA) is 75.9 Å². The van der Waals surface area contributed by atoms with E-state index in [1.54, 1.807) is 6.07 Å². The average Bonchev–Trinajstić information content (AvgIpc) is 2.34. The van der Waals surface area contributed by atoms with Gasteiger partial charge in [-0.1, -0.05) is 6.07 Å². The minimum Gasteiger partial charge on any atom is -0.339 e. The number of benzene rings is 1. The van der Waals surface area contributed by atoms with E-state index in [0.717, 1.165) is 10.2 Å². The summed E-state index contributed by atoms with van der Waals surface area (Å²) in [5.41, 5.74) is 4.60. The quantitative estimate of drug-likeness (QED) is 0.599. The van der Waals surface area contributed by atoms with Crippen LogP contribution in [0.4, 0.5) is 17.3 Å². The van der Waals surface area contributed by atoms with Gasteiger partial charge >= 0.3 is 0 Å². The number of rotatable bonds is 3. The highest BCUT2D eigenvalue weighted by molar-refractivity contribution is 9.10. The monoisotopic (exact) mass is 293 g/mol. The van der Waals surface area contributed by atoms with E-state index in [1.807, 2.05) is 25.1 Å². The second-order valence-corrected chi connectivity index (χ2v) is 4.40. The molecular formula is C11H12BrN5. The molecule has 1 aromatic carbocycles. The molecule has 88 valence electrons. The summed E-state index contributed by atoms with van der Waals surface area (Å²) < 4.78 is 0.976. The van der Waals surface area contributed by atoms with E-state index in [4.69, 9.17) is 5.84 Å². The number of halogens is 1. The van der Waals surface area contributed by atoms with Crippen molar-refractivity contribution in [1.82, 2.24) is 9.97 Å². The van der Waals surface area contributed by atoms with Crippen molar-refractivity contribution in [3.05, 3.63) is 40.6 Å². The Morgan fingerprint density at radius 2 is 1.94 bits per heavy atom. The van der Waals surface area contributed by atoms with Crippen molar-refractivity contribution in [1.29, 1.82) is 0 Å². The smallest absolute Gasteiger partial charge is 0.145 e. The molecule has 1 aromatic heterocycles. The zero-order chi connectivity index (χ0) is 12.3. The third-order valence-corrected chi connectivity index (χ3v) is 2.89. The number of hydrazine groups is 1. The van der Waals surface area contributed by atoms with Crippen LogP contribution < -0.4 is 16.6 Å². The Morgan fingerprint density at radius 1 is 1.18 bits per heavy atom. The normalized spacial score (nSPS) is 10.1. The number of nitrogens with zero attached hydrogens (tertiary/aromatic N) is 2. The summed E-state index contributed by atoms with van der Waals surface area (Å²) in [4.78, 5) is 8.06. The molecule has 2 rings (SSSR count). The fourth-order valence-corrected chi connectivity index (χ4v) is 1.72. The lowest BCUT2D eigenvalue weighted by atomic mass is 10.2. The van der Waals surface area contributed by atoms with Crippen LogP contribution in [0, 0.1) is 6.92 Å². The van der Waals surface area contributed by atoms with E-state index in [2.05, 4.69) is 36.6 Å². The summed E-state index contributed by atoms with van der Waals surface area (Å²) in [7, 11) is 0. The molecule has 6 heteroatoms. The first-order valence-electron chi connectivity index (χ1n) is 5.01. The molecule has 0 aliphatic carbocycles. The Kier molecular flexibility index (Phi) is 3.55. The van der Waals surface area contributed by atoms with Crippen LogP contribution in [-0.4, -0.2) is 9.97 Å². The van der Waals surface area contributed by atoms with Gasteiger partial charge in [0.05, 0.1) is 5.69 Å². The fraction of sp³-hybridized carbons (Fsp3) is 0.0909. The van der Waals surface area contributed by atoms with E-state index < -0.39 is 0 Å². The Morgan fingerprint density at radius 3 is 2.71 bits per heavy atom. The van der Waals surface area contributed by atoms with Gasteiger partial charge < -0.3 is 10.7 Å². The number of aromatic nitrogens is 2. The Balaban J connectivity index is 2.27.